The maximum atomic E-state index is 10.3. The average Bonchev–Trinajstić information content (AvgIpc) is 2.80. The first-order valence-electron chi connectivity index (χ1n) is 6.38. The Hall–Kier alpha value is -0.280. The van der Waals surface area contributed by atoms with Crippen LogP contribution >= 0.6 is 0 Å². The first-order chi connectivity index (χ1) is 8.61. The van der Waals surface area contributed by atoms with E-state index in [0.29, 0.717) is 0 Å². The van der Waals surface area contributed by atoms with Gasteiger partial charge in [0.15, 0.2) is 24.0 Å². The molecule has 0 radical (unpaired) electrons. The van der Waals surface area contributed by atoms with E-state index in [-0.39, 0.29) is 6.61 Å². The Morgan fingerprint density at radius 2 is 1.58 bits per heavy atom. The zero-order valence-electron chi connectivity index (χ0n) is 11.5. The Labute approximate surface area is 111 Å². The predicted octanol–water partition coefficient (Wildman–Crippen LogP) is -0.305. The van der Waals surface area contributed by atoms with Crippen molar-refractivity contribution in [3.05, 3.63) is 0 Å². The van der Waals surface area contributed by atoms with Gasteiger partial charge < -0.3 is 33.9 Å². The average molecular weight is 276 g/mol. The van der Waals surface area contributed by atoms with E-state index in [0.717, 1.165) is 0 Å². The smallest absolute Gasteiger partial charge is 0.225 e. The molecule has 0 amide bonds. The van der Waals surface area contributed by atoms with Crippen LogP contribution in [0.25, 0.3) is 0 Å². The summed E-state index contributed by atoms with van der Waals surface area (Å²) in [5, 5.41) is 20.6. The van der Waals surface area contributed by atoms with Crippen molar-refractivity contribution in [3.8, 4) is 0 Å². The van der Waals surface area contributed by atoms with Crippen molar-refractivity contribution in [2.45, 2.75) is 69.7 Å². The summed E-state index contributed by atoms with van der Waals surface area (Å²) in [4.78, 5) is 0. The fourth-order valence-electron chi connectivity index (χ4n) is 2.75. The molecule has 110 valence electrons. The molecule has 1 unspecified atom stereocenters. The molecule has 3 heterocycles. The molecule has 0 aromatic rings. The van der Waals surface area contributed by atoms with Crippen LogP contribution in [0.15, 0.2) is 0 Å². The number of fused-ring (bicyclic) bond motifs is 1. The van der Waals surface area contributed by atoms with Gasteiger partial charge in [-0.25, -0.2) is 0 Å². The lowest BCUT2D eigenvalue weighted by Crippen LogP contribution is -2.54. The Balaban J connectivity index is 1.77. The van der Waals surface area contributed by atoms with E-state index >= 15 is 0 Å². The SMILES string of the molecule is CC1(C)OCC([C@H]2O[C@H]3OC(C)(C)O[C@@H]3C2(O)O)O1. The monoisotopic (exact) mass is 276 g/mol. The fourth-order valence-corrected chi connectivity index (χ4v) is 2.75. The second-order valence-corrected chi connectivity index (χ2v) is 6.13. The van der Waals surface area contributed by atoms with Gasteiger partial charge in [0.05, 0.1) is 6.61 Å². The summed E-state index contributed by atoms with van der Waals surface area (Å²) in [6.07, 6.45) is -3.33. The van der Waals surface area contributed by atoms with Crippen LogP contribution in [0.5, 0.6) is 0 Å². The van der Waals surface area contributed by atoms with Gasteiger partial charge in [0.1, 0.15) is 12.2 Å². The number of ether oxygens (including phenoxy) is 5. The summed E-state index contributed by atoms with van der Waals surface area (Å²) in [5.74, 6) is -3.83. The van der Waals surface area contributed by atoms with Crippen molar-refractivity contribution in [1.29, 1.82) is 0 Å². The minimum absolute atomic E-state index is 0.226. The van der Waals surface area contributed by atoms with Gasteiger partial charge >= 0.3 is 0 Å². The second kappa shape index (κ2) is 3.88. The third kappa shape index (κ3) is 2.19. The molecule has 3 fully saturated rings. The molecular formula is C12H20O7. The van der Waals surface area contributed by atoms with Crippen LogP contribution in [0.2, 0.25) is 0 Å². The maximum absolute atomic E-state index is 10.3. The maximum Gasteiger partial charge on any atom is 0.225 e. The fraction of sp³-hybridized carbons (Fsp3) is 1.00. The van der Waals surface area contributed by atoms with E-state index < -0.39 is 42.0 Å². The van der Waals surface area contributed by atoms with Gasteiger partial charge in [0.2, 0.25) is 5.79 Å². The Morgan fingerprint density at radius 3 is 2.11 bits per heavy atom. The van der Waals surface area contributed by atoms with E-state index in [1.807, 2.05) is 0 Å². The molecule has 0 aromatic carbocycles. The van der Waals surface area contributed by atoms with Gasteiger partial charge in [-0.2, -0.15) is 0 Å². The number of rotatable bonds is 1. The Bertz CT molecular complexity index is 378. The Kier molecular flexibility index (Phi) is 2.80. The standard InChI is InChI=1S/C12H20O7/c1-10(2)15-5-6(17-10)7-12(13,14)8-9(16-7)19-11(3,4)18-8/h6-9,13-14H,5H2,1-4H3/t6?,7-,8+,9+/m1/s1. The minimum Gasteiger partial charge on any atom is -0.361 e. The molecular weight excluding hydrogens is 256 g/mol. The molecule has 3 aliphatic heterocycles. The topological polar surface area (TPSA) is 86.6 Å². The third-order valence-electron chi connectivity index (χ3n) is 3.54. The van der Waals surface area contributed by atoms with Gasteiger partial charge in [0.25, 0.3) is 0 Å². The van der Waals surface area contributed by atoms with Crippen LogP contribution in [0.1, 0.15) is 27.7 Å². The van der Waals surface area contributed by atoms with Crippen LogP contribution in [0.4, 0.5) is 0 Å². The highest BCUT2D eigenvalue weighted by molar-refractivity contribution is 5.02. The summed E-state index contributed by atoms with van der Waals surface area (Å²) >= 11 is 0. The third-order valence-corrected chi connectivity index (χ3v) is 3.54. The molecule has 19 heavy (non-hydrogen) atoms. The second-order valence-electron chi connectivity index (χ2n) is 6.13. The van der Waals surface area contributed by atoms with E-state index in [4.69, 9.17) is 23.7 Å². The molecule has 3 saturated heterocycles. The number of hydrogen-bond acceptors (Lipinski definition) is 7. The van der Waals surface area contributed by atoms with Crippen LogP contribution in [0, 0.1) is 0 Å². The van der Waals surface area contributed by atoms with Crippen LogP contribution in [-0.2, 0) is 23.7 Å². The largest absolute Gasteiger partial charge is 0.361 e. The minimum atomic E-state index is -2.17. The molecule has 0 aliphatic carbocycles. The normalized spacial score (nSPS) is 46.4. The van der Waals surface area contributed by atoms with Crippen molar-refractivity contribution in [2.75, 3.05) is 6.61 Å². The van der Waals surface area contributed by atoms with Gasteiger partial charge in [-0.3, -0.25) is 0 Å². The number of aliphatic hydroxyl groups is 2. The highest BCUT2D eigenvalue weighted by Gasteiger charge is 2.65. The summed E-state index contributed by atoms with van der Waals surface area (Å²) in [7, 11) is 0. The van der Waals surface area contributed by atoms with Crippen LogP contribution in [0.3, 0.4) is 0 Å². The molecule has 0 spiro atoms. The lowest BCUT2D eigenvalue weighted by molar-refractivity contribution is -0.297. The van der Waals surface area contributed by atoms with Crippen molar-refractivity contribution in [3.63, 3.8) is 0 Å². The molecule has 3 rings (SSSR count). The number of hydrogen-bond donors (Lipinski definition) is 2. The van der Waals surface area contributed by atoms with Gasteiger partial charge in [-0.15, -0.1) is 0 Å². The summed E-state index contributed by atoms with van der Waals surface area (Å²) in [5.41, 5.74) is 0. The molecule has 0 bridgehead atoms. The summed E-state index contributed by atoms with van der Waals surface area (Å²) < 4.78 is 27.6. The zero-order valence-corrected chi connectivity index (χ0v) is 11.5. The highest BCUT2D eigenvalue weighted by Crippen LogP contribution is 2.44. The molecule has 3 aliphatic rings. The predicted molar refractivity (Wildman–Crippen MR) is 60.8 cm³/mol. The molecule has 2 N–H and O–H groups in total. The van der Waals surface area contributed by atoms with Gasteiger partial charge in [0, 0.05) is 0 Å². The van der Waals surface area contributed by atoms with Gasteiger partial charge in [-0.05, 0) is 27.7 Å². The first-order valence-corrected chi connectivity index (χ1v) is 6.38. The van der Waals surface area contributed by atoms with Crippen molar-refractivity contribution in [2.24, 2.45) is 0 Å². The highest BCUT2D eigenvalue weighted by atomic mass is 16.9. The van der Waals surface area contributed by atoms with Crippen LogP contribution < -0.4 is 0 Å². The van der Waals surface area contributed by atoms with E-state index in [9.17, 15) is 10.2 Å². The lowest BCUT2D eigenvalue weighted by atomic mass is 10.0. The molecule has 0 aromatic heterocycles. The molecule has 0 saturated carbocycles. The Morgan fingerprint density at radius 1 is 0.895 bits per heavy atom. The van der Waals surface area contributed by atoms with Crippen LogP contribution in [-0.4, -0.2) is 58.8 Å². The zero-order chi connectivity index (χ0) is 14.1. The summed E-state index contributed by atoms with van der Waals surface area (Å²) in [6, 6.07) is 0. The summed E-state index contributed by atoms with van der Waals surface area (Å²) in [6.45, 7) is 7.13. The van der Waals surface area contributed by atoms with Crippen molar-refractivity contribution >= 4 is 0 Å². The van der Waals surface area contributed by atoms with E-state index in [2.05, 4.69) is 0 Å². The van der Waals surface area contributed by atoms with E-state index in [1.54, 1.807) is 27.7 Å². The molecule has 7 heteroatoms. The molecule has 7 nitrogen and oxygen atoms in total. The quantitative estimate of drug-likeness (QED) is 0.635. The first kappa shape index (κ1) is 13.7. The lowest BCUT2D eigenvalue weighted by Gasteiger charge is -2.31. The molecule has 4 atom stereocenters. The van der Waals surface area contributed by atoms with E-state index in [1.165, 1.54) is 0 Å². The van der Waals surface area contributed by atoms with Crippen molar-refractivity contribution in [1.82, 2.24) is 0 Å². The van der Waals surface area contributed by atoms with Gasteiger partial charge in [-0.1, -0.05) is 0 Å². The van der Waals surface area contributed by atoms with Crippen molar-refractivity contribution < 1.29 is 33.9 Å².